The van der Waals surface area contributed by atoms with E-state index < -0.39 is 5.91 Å². The number of primary amides is 1. The molecule has 0 aliphatic heterocycles. The molecule has 4 heterocycles. The Labute approximate surface area is 200 Å². The molecular formula is C23H24ClN5O3S. The summed E-state index contributed by atoms with van der Waals surface area (Å²) in [7, 11) is 0. The Morgan fingerprint density at radius 3 is 2.67 bits per heavy atom. The summed E-state index contributed by atoms with van der Waals surface area (Å²) in [6.07, 6.45) is 5.30. The van der Waals surface area contributed by atoms with Gasteiger partial charge in [0.2, 0.25) is 0 Å². The number of nitrogens with one attached hydrogen (secondary N) is 1. The van der Waals surface area contributed by atoms with Crippen molar-refractivity contribution in [1.29, 1.82) is 0 Å². The molecule has 0 unspecified atom stereocenters. The van der Waals surface area contributed by atoms with Gasteiger partial charge < -0.3 is 16.2 Å². The Hall–Kier alpha value is -3.27. The number of imidazole rings is 1. The number of thiophene rings is 1. The Balaban J connectivity index is 0.000000555. The number of carbonyl (C=O) groups excluding carboxylic acids is 2. The van der Waals surface area contributed by atoms with E-state index in [4.69, 9.17) is 22.4 Å². The molecule has 0 bridgehead atoms. The maximum atomic E-state index is 12.8. The molecule has 4 aromatic rings. The summed E-state index contributed by atoms with van der Waals surface area (Å²) in [6.45, 7) is 2.68. The van der Waals surface area contributed by atoms with Crippen LogP contribution >= 0.6 is 22.9 Å². The number of nitrogens with two attached hydrogens (primary N) is 1. The van der Waals surface area contributed by atoms with Crippen LogP contribution in [0.25, 0.3) is 16.9 Å². The maximum Gasteiger partial charge on any atom is 0.268 e. The van der Waals surface area contributed by atoms with Crippen molar-refractivity contribution < 1.29 is 14.7 Å². The lowest BCUT2D eigenvalue weighted by Gasteiger charge is -2.07. The number of fused-ring (bicyclic) bond motifs is 1. The molecule has 0 aliphatic rings. The van der Waals surface area contributed by atoms with Crippen LogP contribution in [0.15, 0.2) is 53.5 Å². The van der Waals surface area contributed by atoms with Crippen molar-refractivity contribution in [3.8, 4) is 11.3 Å². The van der Waals surface area contributed by atoms with Crippen LogP contribution in [-0.2, 0) is 6.54 Å². The molecule has 8 nitrogen and oxygen atoms in total. The van der Waals surface area contributed by atoms with Gasteiger partial charge in [-0.05, 0) is 41.6 Å². The minimum Gasteiger partial charge on any atom is -0.396 e. The maximum absolute atomic E-state index is 12.8. The molecule has 4 rings (SSSR count). The molecular weight excluding hydrogens is 462 g/mol. The van der Waals surface area contributed by atoms with Crippen molar-refractivity contribution in [2.24, 2.45) is 5.73 Å². The number of aliphatic hydroxyl groups excluding tert-OH is 1. The fourth-order valence-corrected chi connectivity index (χ4v) is 3.78. The van der Waals surface area contributed by atoms with E-state index in [2.05, 4.69) is 22.2 Å². The van der Waals surface area contributed by atoms with Gasteiger partial charge in [-0.1, -0.05) is 31.0 Å². The number of aliphatic hydroxyl groups is 1. The van der Waals surface area contributed by atoms with E-state index in [0.717, 1.165) is 24.0 Å². The molecule has 0 radical (unpaired) electrons. The number of rotatable bonds is 7. The van der Waals surface area contributed by atoms with E-state index >= 15 is 0 Å². The number of unbranched alkanes of at least 4 members (excludes halogenated alkanes) is 1. The standard InChI is InChI=1S/C19H14ClN5O2S.C4H10O/c20-14-4-3-11(8-22-14)9-23-19(27)13-2-1-6-25-16(17(21)26)15(24-18(13)25)12-5-7-28-10-12;1-2-3-4-5/h1-8,10H,9H2,(H2,21,26)(H,23,27);5H,2-4H2,1H3. The average Bonchev–Trinajstić information content (AvgIpc) is 3.47. The van der Waals surface area contributed by atoms with Crippen molar-refractivity contribution in [3.05, 3.63) is 75.5 Å². The zero-order valence-electron chi connectivity index (χ0n) is 18.0. The van der Waals surface area contributed by atoms with Crippen molar-refractivity contribution in [2.75, 3.05) is 6.61 Å². The van der Waals surface area contributed by atoms with Crippen LogP contribution in [0.2, 0.25) is 5.15 Å². The monoisotopic (exact) mass is 485 g/mol. The lowest BCUT2D eigenvalue weighted by atomic mass is 10.2. The first kappa shape index (κ1) is 24.4. The third-order valence-corrected chi connectivity index (χ3v) is 5.58. The highest BCUT2D eigenvalue weighted by atomic mass is 35.5. The zero-order valence-corrected chi connectivity index (χ0v) is 19.6. The molecule has 0 atom stereocenters. The van der Waals surface area contributed by atoms with Crippen LogP contribution in [0.5, 0.6) is 0 Å². The Bertz CT molecular complexity index is 1220. The molecule has 0 fully saturated rings. The first-order chi connectivity index (χ1) is 16.0. The second kappa shape index (κ2) is 11.6. The van der Waals surface area contributed by atoms with E-state index in [0.29, 0.717) is 28.7 Å². The van der Waals surface area contributed by atoms with Gasteiger partial charge in [0.15, 0.2) is 5.65 Å². The normalized spacial score (nSPS) is 10.5. The summed E-state index contributed by atoms with van der Waals surface area (Å²) in [5.74, 6) is -0.933. The quantitative estimate of drug-likeness (QED) is 0.342. The van der Waals surface area contributed by atoms with Crippen molar-refractivity contribution in [3.63, 3.8) is 0 Å². The molecule has 0 spiro atoms. The lowest BCUT2D eigenvalue weighted by molar-refractivity contribution is 0.0949. The SMILES string of the molecule is CCCCO.NC(=O)c1c(-c2ccsc2)nc2c(C(=O)NCc3ccc(Cl)nc3)cccn12. The number of pyridine rings is 2. The molecule has 0 aliphatic carbocycles. The van der Waals surface area contributed by atoms with E-state index in [-0.39, 0.29) is 18.1 Å². The third-order valence-electron chi connectivity index (χ3n) is 4.68. The van der Waals surface area contributed by atoms with E-state index in [1.54, 1.807) is 41.1 Å². The lowest BCUT2D eigenvalue weighted by Crippen LogP contribution is -2.23. The molecule has 0 saturated heterocycles. The summed E-state index contributed by atoms with van der Waals surface area (Å²) in [5.41, 5.74) is 8.58. The summed E-state index contributed by atoms with van der Waals surface area (Å²) >= 11 is 7.26. The number of halogens is 1. The van der Waals surface area contributed by atoms with Crippen LogP contribution in [0.3, 0.4) is 0 Å². The van der Waals surface area contributed by atoms with Crippen LogP contribution in [-0.4, -0.2) is 37.9 Å². The number of amides is 2. The van der Waals surface area contributed by atoms with Gasteiger partial charge in [0.1, 0.15) is 16.5 Å². The fraction of sp³-hybridized carbons (Fsp3) is 0.217. The van der Waals surface area contributed by atoms with Gasteiger partial charge in [0.05, 0.1) is 5.56 Å². The van der Waals surface area contributed by atoms with Crippen LogP contribution in [0.1, 0.15) is 46.2 Å². The summed E-state index contributed by atoms with van der Waals surface area (Å²) in [4.78, 5) is 33.3. The van der Waals surface area contributed by atoms with Gasteiger partial charge in [0.25, 0.3) is 11.8 Å². The van der Waals surface area contributed by atoms with Gasteiger partial charge in [-0.3, -0.25) is 14.0 Å². The number of hydrogen-bond acceptors (Lipinski definition) is 6. The van der Waals surface area contributed by atoms with Crippen LogP contribution in [0, 0.1) is 0 Å². The smallest absolute Gasteiger partial charge is 0.268 e. The average molecular weight is 486 g/mol. The first-order valence-electron chi connectivity index (χ1n) is 10.3. The Morgan fingerprint density at radius 1 is 1.27 bits per heavy atom. The predicted octanol–water partition coefficient (Wildman–Crippen LogP) is 3.92. The minimum atomic E-state index is -0.613. The summed E-state index contributed by atoms with van der Waals surface area (Å²) < 4.78 is 1.55. The van der Waals surface area contributed by atoms with Crippen LogP contribution < -0.4 is 11.1 Å². The van der Waals surface area contributed by atoms with Crippen LogP contribution in [0.4, 0.5) is 0 Å². The molecule has 172 valence electrons. The molecule has 0 saturated carbocycles. The van der Waals surface area contributed by atoms with Gasteiger partial charge in [0, 0.05) is 36.5 Å². The fourth-order valence-electron chi connectivity index (χ4n) is 3.03. The molecule has 2 amide bonds. The van der Waals surface area contributed by atoms with Gasteiger partial charge in [-0.25, -0.2) is 9.97 Å². The van der Waals surface area contributed by atoms with E-state index in [9.17, 15) is 9.59 Å². The highest BCUT2D eigenvalue weighted by molar-refractivity contribution is 7.08. The Kier molecular flexibility index (Phi) is 8.53. The van der Waals surface area contributed by atoms with Crippen molar-refractivity contribution in [2.45, 2.75) is 26.3 Å². The Morgan fingerprint density at radius 2 is 2.09 bits per heavy atom. The second-order valence-corrected chi connectivity index (χ2v) is 8.22. The number of carbonyl (C=O) groups is 2. The van der Waals surface area contributed by atoms with E-state index in [1.807, 2.05) is 16.8 Å². The largest absolute Gasteiger partial charge is 0.396 e. The molecule has 4 N–H and O–H groups in total. The van der Waals surface area contributed by atoms with Gasteiger partial charge in [-0.15, -0.1) is 0 Å². The predicted molar refractivity (Wildman–Crippen MR) is 129 cm³/mol. The van der Waals surface area contributed by atoms with Gasteiger partial charge >= 0.3 is 0 Å². The minimum absolute atomic E-state index is 0.241. The summed E-state index contributed by atoms with van der Waals surface area (Å²) in [5, 5.41) is 15.0. The van der Waals surface area contributed by atoms with E-state index in [1.165, 1.54) is 11.3 Å². The van der Waals surface area contributed by atoms with Crippen molar-refractivity contribution in [1.82, 2.24) is 19.7 Å². The number of aromatic nitrogens is 3. The molecule has 0 aromatic carbocycles. The topological polar surface area (TPSA) is 123 Å². The zero-order chi connectivity index (χ0) is 23.8. The summed E-state index contributed by atoms with van der Waals surface area (Å²) in [6, 6.07) is 8.62. The highest BCUT2D eigenvalue weighted by Crippen LogP contribution is 2.27. The first-order valence-corrected chi connectivity index (χ1v) is 11.6. The number of hydrogen-bond donors (Lipinski definition) is 3. The second-order valence-electron chi connectivity index (χ2n) is 7.05. The molecule has 33 heavy (non-hydrogen) atoms. The number of nitrogens with zero attached hydrogens (tertiary/aromatic N) is 3. The molecule has 4 aromatic heterocycles. The highest BCUT2D eigenvalue weighted by Gasteiger charge is 2.22. The third kappa shape index (κ3) is 5.95. The van der Waals surface area contributed by atoms with Gasteiger partial charge in [-0.2, -0.15) is 11.3 Å². The molecule has 10 heteroatoms. The van der Waals surface area contributed by atoms with Crippen molar-refractivity contribution >= 4 is 40.4 Å².